The number of hydrogen-bond donors (Lipinski definition) is 0. The van der Waals surface area contributed by atoms with Crippen molar-refractivity contribution in [1.82, 2.24) is 0 Å². The third-order valence-corrected chi connectivity index (χ3v) is 6.43. The van der Waals surface area contributed by atoms with Gasteiger partial charge in [-0.2, -0.15) is 0 Å². The number of benzene rings is 2. The van der Waals surface area contributed by atoms with Crippen molar-refractivity contribution in [2.45, 2.75) is 39.5 Å². The molecule has 2 aromatic carbocycles. The van der Waals surface area contributed by atoms with Gasteiger partial charge in [-0.15, -0.1) is 0 Å². The van der Waals surface area contributed by atoms with Crippen LogP contribution < -0.4 is 9.64 Å². The number of rotatable bonds is 5. The molecule has 2 aromatic rings. The maximum absolute atomic E-state index is 13.0. The summed E-state index contributed by atoms with van der Waals surface area (Å²) in [6.45, 7) is 3.75. The fourth-order valence-corrected chi connectivity index (χ4v) is 4.49. The number of halogens is 1. The summed E-state index contributed by atoms with van der Waals surface area (Å²) < 4.78 is 5.79. The van der Waals surface area contributed by atoms with Gasteiger partial charge in [0.1, 0.15) is 5.75 Å². The minimum absolute atomic E-state index is 0.174. The molecule has 2 atom stereocenters. The summed E-state index contributed by atoms with van der Waals surface area (Å²) in [6, 6.07) is 10.3. The van der Waals surface area contributed by atoms with Crippen LogP contribution in [0.1, 0.15) is 47.2 Å². The first-order valence-corrected chi connectivity index (χ1v) is 10.6. The van der Waals surface area contributed by atoms with Crippen LogP contribution in [0.2, 0.25) is 5.02 Å². The van der Waals surface area contributed by atoms with E-state index in [1.54, 1.807) is 24.3 Å². The molecule has 0 aromatic heterocycles. The fraction of sp³-hybridized carbons (Fsp3) is 0.375. The van der Waals surface area contributed by atoms with E-state index >= 15 is 0 Å². The first kappa shape index (κ1) is 20.6. The van der Waals surface area contributed by atoms with Crippen LogP contribution in [0.15, 0.2) is 36.4 Å². The predicted octanol–water partition coefficient (Wildman–Crippen LogP) is 4.90. The molecule has 1 aliphatic heterocycles. The predicted molar refractivity (Wildman–Crippen MR) is 115 cm³/mol. The molecule has 5 nitrogen and oxygen atoms in total. The zero-order valence-corrected chi connectivity index (χ0v) is 17.9. The van der Waals surface area contributed by atoms with E-state index in [0.717, 1.165) is 36.8 Å². The number of imide groups is 1. The van der Waals surface area contributed by atoms with Gasteiger partial charge < -0.3 is 4.74 Å². The molecule has 1 saturated carbocycles. The van der Waals surface area contributed by atoms with Crippen molar-refractivity contribution in [3.63, 3.8) is 0 Å². The van der Waals surface area contributed by atoms with Crippen LogP contribution in [0.5, 0.6) is 5.75 Å². The number of carbonyl (C=O) groups is 3. The highest BCUT2D eigenvalue weighted by Gasteiger charge is 2.49. The first-order chi connectivity index (χ1) is 14.4. The van der Waals surface area contributed by atoms with Crippen LogP contribution in [0.25, 0.3) is 0 Å². The van der Waals surface area contributed by atoms with Crippen molar-refractivity contribution >= 4 is 34.9 Å². The number of fused-ring (bicyclic) bond motifs is 1. The van der Waals surface area contributed by atoms with Gasteiger partial charge in [-0.25, -0.2) is 4.90 Å². The van der Waals surface area contributed by atoms with Crippen molar-refractivity contribution in [3.8, 4) is 5.75 Å². The molecule has 1 saturated heterocycles. The van der Waals surface area contributed by atoms with Crippen LogP contribution in [-0.4, -0.2) is 24.2 Å². The van der Waals surface area contributed by atoms with Gasteiger partial charge in [0.2, 0.25) is 11.8 Å². The van der Waals surface area contributed by atoms with E-state index in [0.29, 0.717) is 22.0 Å². The lowest BCUT2D eigenvalue weighted by Crippen LogP contribution is -2.31. The minimum atomic E-state index is -0.268. The van der Waals surface area contributed by atoms with E-state index in [9.17, 15) is 14.4 Å². The van der Waals surface area contributed by atoms with Gasteiger partial charge in [0.15, 0.2) is 12.4 Å². The molecule has 1 heterocycles. The number of nitrogens with zero attached hydrogens (tertiary/aromatic N) is 1. The minimum Gasteiger partial charge on any atom is -0.483 e. The number of aryl methyl sites for hydroxylation is 2. The molecule has 1 aliphatic carbocycles. The number of amides is 2. The zero-order valence-electron chi connectivity index (χ0n) is 17.1. The largest absolute Gasteiger partial charge is 0.483 e. The molecule has 2 unspecified atom stereocenters. The van der Waals surface area contributed by atoms with Gasteiger partial charge in [-0.3, -0.25) is 14.4 Å². The Morgan fingerprint density at radius 2 is 1.67 bits per heavy atom. The number of carbonyl (C=O) groups excluding carboxylic acids is 3. The quantitative estimate of drug-likeness (QED) is 0.505. The molecule has 2 aliphatic rings. The number of ether oxygens (including phenoxy) is 1. The monoisotopic (exact) mass is 425 g/mol. The highest BCUT2D eigenvalue weighted by atomic mass is 35.5. The lowest BCUT2D eigenvalue weighted by molar-refractivity contribution is -0.122. The summed E-state index contributed by atoms with van der Waals surface area (Å²) in [5.41, 5.74) is 3.02. The van der Waals surface area contributed by atoms with Crippen LogP contribution in [0.3, 0.4) is 0 Å². The number of Topliss-reactive ketones (excluding diaryl/α,β-unsaturated/α-hetero) is 1. The normalized spacial score (nSPS) is 21.0. The van der Waals surface area contributed by atoms with Crippen molar-refractivity contribution < 1.29 is 19.1 Å². The van der Waals surface area contributed by atoms with Gasteiger partial charge in [0.05, 0.1) is 17.5 Å². The second kappa shape index (κ2) is 8.23. The van der Waals surface area contributed by atoms with Crippen molar-refractivity contribution in [2.75, 3.05) is 11.5 Å². The van der Waals surface area contributed by atoms with Gasteiger partial charge >= 0.3 is 0 Å². The molecule has 4 rings (SSSR count). The molecular weight excluding hydrogens is 402 g/mol. The molecule has 0 radical (unpaired) electrons. The summed E-state index contributed by atoms with van der Waals surface area (Å²) in [4.78, 5) is 39.8. The number of ketones is 1. The highest BCUT2D eigenvalue weighted by Crippen LogP contribution is 2.43. The second-order valence-electron chi connectivity index (χ2n) is 8.13. The second-order valence-corrected chi connectivity index (χ2v) is 8.57. The van der Waals surface area contributed by atoms with Crippen molar-refractivity contribution in [1.29, 1.82) is 0 Å². The molecule has 156 valence electrons. The Kier molecular flexibility index (Phi) is 5.65. The van der Waals surface area contributed by atoms with Gasteiger partial charge in [-0.05, 0) is 62.1 Å². The lowest BCUT2D eigenvalue weighted by Gasteiger charge is -2.19. The van der Waals surface area contributed by atoms with Crippen LogP contribution >= 0.6 is 11.6 Å². The molecule has 0 N–H and O–H groups in total. The summed E-state index contributed by atoms with van der Waals surface area (Å²) in [7, 11) is 0. The zero-order chi connectivity index (χ0) is 21.4. The molecule has 2 amide bonds. The molecule has 0 bridgehead atoms. The Morgan fingerprint density at radius 3 is 2.30 bits per heavy atom. The number of anilines is 1. The van der Waals surface area contributed by atoms with E-state index in [2.05, 4.69) is 0 Å². The Bertz CT molecular complexity index is 1010. The van der Waals surface area contributed by atoms with E-state index in [1.807, 2.05) is 26.0 Å². The molecule has 6 heteroatoms. The Morgan fingerprint density at radius 1 is 1.00 bits per heavy atom. The third kappa shape index (κ3) is 3.74. The van der Waals surface area contributed by atoms with E-state index in [-0.39, 0.29) is 36.0 Å². The maximum atomic E-state index is 13.0. The summed E-state index contributed by atoms with van der Waals surface area (Å²) in [6.07, 6.45) is 3.37. The maximum Gasteiger partial charge on any atom is 0.237 e. The van der Waals surface area contributed by atoms with Gasteiger partial charge in [0, 0.05) is 10.6 Å². The molecule has 0 spiro atoms. The van der Waals surface area contributed by atoms with Crippen molar-refractivity contribution in [3.05, 3.63) is 58.1 Å². The van der Waals surface area contributed by atoms with Crippen molar-refractivity contribution in [2.24, 2.45) is 11.8 Å². The highest BCUT2D eigenvalue weighted by molar-refractivity contribution is 6.31. The summed E-state index contributed by atoms with van der Waals surface area (Å²) in [5.74, 6) is -0.802. The lowest BCUT2D eigenvalue weighted by atomic mass is 9.81. The SMILES string of the molecule is Cc1ccc(C(=O)COc2ccc(Cl)cc2N2C(=O)C3CCCCC3C2=O)cc1C. The first-order valence-electron chi connectivity index (χ1n) is 10.3. The Hall–Kier alpha value is -2.66. The average molecular weight is 426 g/mol. The Labute approximate surface area is 181 Å². The summed E-state index contributed by atoms with van der Waals surface area (Å²) >= 11 is 6.16. The molecular formula is C24H24ClNO4. The van der Waals surface area contributed by atoms with Crippen LogP contribution in [0.4, 0.5) is 5.69 Å². The smallest absolute Gasteiger partial charge is 0.237 e. The molecule has 30 heavy (non-hydrogen) atoms. The fourth-order valence-electron chi connectivity index (χ4n) is 4.33. The van der Waals surface area contributed by atoms with E-state index in [4.69, 9.17) is 16.3 Å². The van der Waals surface area contributed by atoms with Gasteiger partial charge in [-0.1, -0.05) is 36.6 Å². The third-order valence-electron chi connectivity index (χ3n) is 6.19. The summed E-state index contributed by atoms with van der Waals surface area (Å²) in [5, 5.41) is 0.397. The molecule has 2 fully saturated rings. The van der Waals surface area contributed by atoms with Gasteiger partial charge in [0.25, 0.3) is 0 Å². The van der Waals surface area contributed by atoms with E-state index < -0.39 is 0 Å². The van der Waals surface area contributed by atoms with E-state index in [1.165, 1.54) is 4.90 Å². The van der Waals surface area contributed by atoms with Crippen LogP contribution in [0, 0.1) is 25.7 Å². The Balaban J connectivity index is 1.58. The topological polar surface area (TPSA) is 63.7 Å². The van der Waals surface area contributed by atoms with Crippen LogP contribution in [-0.2, 0) is 9.59 Å². The standard InChI is InChI=1S/C24H24ClNO4/c1-14-7-8-16(11-15(14)2)21(27)13-30-22-10-9-17(25)12-20(22)26-23(28)18-5-3-4-6-19(18)24(26)29/h7-12,18-19H,3-6,13H2,1-2H3. The number of hydrogen-bond acceptors (Lipinski definition) is 4. The average Bonchev–Trinajstić information content (AvgIpc) is 2.99.